The lowest BCUT2D eigenvalue weighted by Crippen LogP contribution is -2.38. The van der Waals surface area contributed by atoms with Crippen LogP contribution in [0.25, 0.3) is 22.0 Å². The fourth-order valence-corrected chi connectivity index (χ4v) is 4.92. The first-order chi connectivity index (χ1) is 17.4. The van der Waals surface area contributed by atoms with E-state index in [-0.39, 0.29) is 12.3 Å². The van der Waals surface area contributed by atoms with Crippen LogP contribution in [0.1, 0.15) is 49.1 Å². The smallest absolute Gasteiger partial charge is 0.339 e. The maximum atomic E-state index is 13.0. The molecule has 1 N–H and O–H groups in total. The van der Waals surface area contributed by atoms with E-state index in [1.165, 1.54) is 0 Å². The van der Waals surface area contributed by atoms with Gasteiger partial charge in [-0.2, -0.15) is 0 Å². The van der Waals surface area contributed by atoms with Gasteiger partial charge in [-0.05, 0) is 68.5 Å². The molecule has 0 saturated carbocycles. The second-order valence-electron chi connectivity index (χ2n) is 9.69. The number of nitrogens with zero attached hydrogens (tertiary/aromatic N) is 2. The van der Waals surface area contributed by atoms with E-state index in [4.69, 9.17) is 14.1 Å². The van der Waals surface area contributed by atoms with Crippen molar-refractivity contribution in [1.82, 2.24) is 14.9 Å². The molecule has 2 aromatic heterocycles. The van der Waals surface area contributed by atoms with Crippen LogP contribution in [0.15, 0.2) is 63.8 Å². The number of para-hydroxylation sites is 2. The Morgan fingerprint density at radius 1 is 1.22 bits per heavy atom. The number of nitrogens with one attached hydrogen (secondary N) is 1. The molecule has 1 aliphatic rings. The van der Waals surface area contributed by atoms with Crippen LogP contribution in [0.2, 0.25) is 0 Å². The summed E-state index contributed by atoms with van der Waals surface area (Å²) in [5.74, 6) is 2.02. The highest BCUT2D eigenvalue weighted by Gasteiger charge is 2.26. The number of carbonyl (C=O) groups is 1. The standard InChI is InChI=1S/C29H31N3O4/c1-18(2)17-35-21-8-9-22-19(3)23(29(34)36-26(22)16-21)10-11-27(33)32-14-12-20(13-15-32)28-30-24-6-4-5-7-25(24)31-28/h4-9,16,20H,1,10-15,17H2,2-3H3,(H,30,31). The molecule has 36 heavy (non-hydrogen) atoms. The third kappa shape index (κ3) is 4.91. The van der Waals surface area contributed by atoms with Crippen molar-refractivity contribution in [2.45, 2.75) is 45.4 Å². The minimum Gasteiger partial charge on any atom is -0.489 e. The summed E-state index contributed by atoms with van der Waals surface area (Å²) in [6, 6.07) is 13.5. The summed E-state index contributed by atoms with van der Waals surface area (Å²) in [6.07, 6.45) is 2.39. The van der Waals surface area contributed by atoms with E-state index in [1.807, 2.05) is 55.1 Å². The van der Waals surface area contributed by atoms with E-state index in [0.717, 1.165) is 46.2 Å². The Kier molecular flexibility index (Phi) is 6.63. The normalized spacial score (nSPS) is 14.4. The molecule has 4 aromatic rings. The first-order valence-corrected chi connectivity index (χ1v) is 12.4. The average Bonchev–Trinajstić information content (AvgIpc) is 3.31. The number of benzene rings is 2. The number of aryl methyl sites for hydroxylation is 1. The summed E-state index contributed by atoms with van der Waals surface area (Å²) in [6.45, 7) is 9.43. The van der Waals surface area contributed by atoms with E-state index in [1.54, 1.807) is 6.07 Å². The number of hydrogen-bond donors (Lipinski definition) is 1. The highest BCUT2D eigenvalue weighted by molar-refractivity contribution is 5.83. The van der Waals surface area contributed by atoms with Crippen molar-refractivity contribution in [3.63, 3.8) is 0 Å². The maximum Gasteiger partial charge on any atom is 0.339 e. The number of amides is 1. The number of aromatic nitrogens is 2. The molecule has 5 rings (SSSR count). The molecule has 0 atom stereocenters. The zero-order valence-corrected chi connectivity index (χ0v) is 20.8. The number of rotatable bonds is 7. The number of likely N-dealkylation sites (tertiary alicyclic amines) is 1. The van der Waals surface area contributed by atoms with Crippen LogP contribution in [0.4, 0.5) is 0 Å². The monoisotopic (exact) mass is 485 g/mol. The van der Waals surface area contributed by atoms with Gasteiger partial charge in [-0.15, -0.1) is 0 Å². The molecule has 0 unspecified atom stereocenters. The van der Waals surface area contributed by atoms with Gasteiger partial charge in [0.1, 0.15) is 23.8 Å². The predicted molar refractivity (Wildman–Crippen MR) is 140 cm³/mol. The lowest BCUT2D eigenvalue weighted by atomic mass is 9.95. The van der Waals surface area contributed by atoms with Crippen LogP contribution in [0, 0.1) is 6.92 Å². The van der Waals surface area contributed by atoms with Gasteiger partial charge in [0.05, 0.1) is 11.0 Å². The Bertz CT molecular complexity index is 1460. The fraction of sp³-hybridized carbons (Fsp3) is 0.345. The van der Waals surface area contributed by atoms with Crippen LogP contribution in [0.5, 0.6) is 5.75 Å². The number of fused-ring (bicyclic) bond motifs is 2. The Labute approximate surface area is 209 Å². The number of hydrogen-bond acceptors (Lipinski definition) is 5. The third-order valence-electron chi connectivity index (χ3n) is 6.97. The molecule has 1 fully saturated rings. The number of ether oxygens (including phenoxy) is 1. The van der Waals surface area contributed by atoms with E-state index in [0.29, 0.717) is 48.9 Å². The first kappa shape index (κ1) is 23.9. The van der Waals surface area contributed by atoms with Gasteiger partial charge in [0.15, 0.2) is 0 Å². The van der Waals surface area contributed by atoms with Gasteiger partial charge in [0.2, 0.25) is 5.91 Å². The molecular weight excluding hydrogens is 454 g/mol. The average molecular weight is 486 g/mol. The second kappa shape index (κ2) is 10.0. The minimum absolute atomic E-state index is 0.0699. The second-order valence-corrected chi connectivity index (χ2v) is 9.69. The molecule has 186 valence electrons. The summed E-state index contributed by atoms with van der Waals surface area (Å²) in [7, 11) is 0. The number of imidazole rings is 1. The van der Waals surface area contributed by atoms with Gasteiger partial charge < -0.3 is 19.0 Å². The minimum atomic E-state index is -0.395. The molecule has 3 heterocycles. The Hall–Kier alpha value is -3.87. The van der Waals surface area contributed by atoms with E-state index < -0.39 is 5.63 Å². The van der Waals surface area contributed by atoms with Crippen LogP contribution in [-0.4, -0.2) is 40.5 Å². The van der Waals surface area contributed by atoms with E-state index in [9.17, 15) is 9.59 Å². The maximum absolute atomic E-state index is 13.0. The summed E-state index contributed by atoms with van der Waals surface area (Å²) >= 11 is 0. The van der Waals surface area contributed by atoms with Crippen molar-refractivity contribution in [2.24, 2.45) is 0 Å². The molecule has 0 spiro atoms. The first-order valence-electron chi connectivity index (χ1n) is 12.4. The summed E-state index contributed by atoms with van der Waals surface area (Å²) in [4.78, 5) is 35.8. The van der Waals surface area contributed by atoms with Crippen LogP contribution < -0.4 is 10.4 Å². The molecular formula is C29H31N3O4. The van der Waals surface area contributed by atoms with Gasteiger partial charge in [-0.25, -0.2) is 9.78 Å². The van der Waals surface area contributed by atoms with Gasteiger partial charge in [-0.1, -0.05) is 18.7 Å². The van der Waals surface area contributed by atoms with Crippen molar-refractivity contribution >= 4 is 27.9 Å². The summed E-state index contributed by atoms with van der Waals surface area (Å²) in [5.41, 5.74) is 4.43. The fourth-order valence-electron chi connectivity index (χ4n) is 4.92. The van der Waals surface area contributed by atoms with Gasteiger partial charge in [0.25, 0.3) is 0 Å². The van der Waals surface area contributed by atoms with Crippen LogP contribution in [-0.2, 0) is 11.2 Å². The van der Waals surface area contributed by atoms with Crippen LogP contribution in [0.3, 0.4) is 0 Å². The highest BCUT2D eigenvalue weighted by atomic mass is 16.5. The quantitative estimate of drug-likeness (QED) is 0.285. The largest absolute Gasteiger partial charge is 0.489 e. The Balaban J connectivity index is 1.21. The van der Waals surface area contributed by atoms with Gasteiger partial charge in [-0.3, -0.25) is 4.79 Å². The van der Waals surface area contributed by atoms with Crippen molar-refractivity contribution in [3.8, 4) is 5.75 Å². The van der Waals surface area contributed by atoms with E-state index in [2.05, 4.69) is 11.6 Å². The molecule has 7 nitrogen and oxygen atoms in total. The highest BCUT2D eigenvalue weighted by Crippen LogP contribution is 2.29. The SMILES string of the molecule is C=C(C)COc1ccc2c(C)c(CCC(=O)N3CCC(c4nc5ccccc5[nH]4)CC3)c(=O)oc2c1. The molecule has 7 heteroatoms. The lowest BCUT2D eigenvalue weighted by Gasteiger charge is -2.31. The molecule has 1 saturated heterocycles. The number of carbonyl (C=O) groups excluding carboxylic acids is 1. The molecule has 0 bridgehead atoms. The third-order valence-corrected chi connectivity index (χ3v) is 6.97. The Morgan fingerprint density at radius 2 is 2.00 bits per heavy atom. The van der Waals surface area contributed by atoms with Gasteiger partial charge in [0, 0.05) is 42.4 Å². The van der Waals surface area contributed by atoms with Crippen molar-refractivity contribution < 1.29 is 13.9 Å². The van der Waals surface area contributed by atoms with Crippen LogP contribution >= 0.6 is 0 Å². The summed E-state index contributed by atoms with van der Waals surface area (Å²) < 4.78 is 11.3. The number of H-pyrrole nitrogens is 1. The Morgan fingerprint density at radius 3 is 2.75 bits per heavy atom. The lowest BCUT2D eigenvalue weighted by molar-refractivity contribution is -0.132. The topological polar surface area (TPSA) is 88.4 Å². The van der Waals surface area contributed by atoms with Crippen molar-refractivity contribution in [1.29, 1.82) is 0 Å². The zero-order chi connectivity index (χ0) is 25.2. The number of aromatic amines is 1. The molecule has 0 radical (unpaired) electrons. The molecule has 0 aliphatic carbocycles. The molecule has 1 aliphatic heterocycles. The summed E-state index contributed by atoms with van der Waals surface area (Å²) in [5, 5.41) is 0.853. The zero-order valence-electron chi connectivity index (χ0n) is 20.8. The predicted octanol–water partition coefficient (Wildman–Crippen LogP) is 5.27. The molecule has 1 amide bonds. The number of piperidine rings is 1. The molecule has 2 aromatic carbocycles. The van der Waals surface area contributed by atoms with E-state index >= 15 is 0 Å². The van der Waals surface area contributed by atoms with Crippen molar-refractivity contribution in [2.75, 3.05) is 19.7 Å². The van der Waals surface area contributed by atoms with Crippen molar-refractivity contribution in [3.05, 3.63) is 82.0 Å². The van der Waals surface area contributed by atoms with Gasteiger partial charge >= 0.3 is 5.63 Å².